The van der Waals surface area contributed by atoms with E-state index in [9.17, 15) is 0 Å². The number of rotatable bonds is 8. The summed E-state index contributed by atoms with van der Waals surface area (Å²) in [6.45, 7) is 3.26. The van der Waals surface area contributed by atoms with Crippen molar-refractivity contribution in [2.24, 2.45) is 0 Å². The van der Waals surface area contributed by atoms with E-state index in [1.165, 1.54) is 0 Å². The summed E-state index contributed by atoms with van der Waals surface area (Å²) in [5, 5.41) is 6.66. The van der Waals surface area contributed by atoms with Gasteiger partial charge in [-0.1, -0.05) is 0 Å². The molecule has 2 fully saturated rings. The van der Waals surface area contributed by atoms with Crippen molar-refractivity contribution >= 4 is 17.1 Å². The number of benzene rings is 2. The number of ether oxygens (including phenoxy) is 3. The van der Waals surface area contributed by atoms with E-state index < -0.39 is 0 Å². The predicted molar refractivity (Wildman–Crippen MR) is 93.8 cm³/mol. The molecule has 2 heterocycles. The molecule has 0 amide bonds. The van der Waals surface area contributed by atoms with Crippen LogP contribution in [0.4, 0.5) is 17.1 Å². The van der Waals surface area contributed by atoms with Crippen molar-refractivity contribution in [1.82, 2.24) is 0 Å². The van der Waals surface area contributed by atoms with E-state index in [0.717, 1.165) is 49.2 Å². The molecule has 126 valence electrons. The van der Waals surface area contributed by atoms with Crippen molar-refractivity contribution in [2.75, 3.05) is 42.7 Å². The molecule has 2 saturated heterocycles. The summed E-state index contributed by atoms with van der Waals surface area (Å²) in [6, 6.07) is 13.5. The normalized spacial score (nSPS) is 21.2. The molecule has 0 saturated carbocycles. The minimum absolute atomic E-state index is 0.292. The Hall–Kier alpha value is -2.44. The van der Waals surface area contributed by atoms with E-state index in [2.05, 4.69) is 10.6 Å². The van der Waals surface area contributed by atoms with Gasteiger partial charge in [-0.05, 0) is 42.5 Å². The lowest BCUT2D eigenvalue weighted by molar-refractivity contribution is 0.416. The van der Waals surface area contributed by atoms with Crippen molar-refractivity contribution in [1.29, 1.82) is 0 Å². The molecule has 2 aromatic carbocycles. The summed E-state index contributed by atoms with van der Waals surface area (Å²) in [5.41, 5.74) is 8.51. The van der Waals surface area contributed by atoms with Crippen molar-refractivity contribution in [2.45, 2.75) is 12.2 Å². The Kier molecular flexibility index (Phi) is 4.15. The first kappa shape index (κ1) is 15.1. The van der Waals surface area contributed by atoms with E-state index in [0.29, 0.717) is 17.9 Å². The van der Waals surface area contributed by atoms with Crippen LogP contribution in [0.5, 0.6) is 11.5 Å². The van der Waals surface area contributed by atoms with Crippen LogP contribution in [0.15, 0.2) is 42.5 Å². The summed E-state index contributed by atoms with van der Waals surface area (Å²) >= 11 is 0. The third-order valence-electron chi connectivity index (χ3n) is 3.94. The Labute approximate surface area is 140 Å². The highest BCUT2D eigenvalue weighted by Gasteiger charge is 2.22. The molecular formula is C18H21N3O3. The third-order valence-corrected chi connectivity index (χ3v) is 3.94. The molecule has 4 N–H and O–H groups in total. The van der Waals surface area contributed by atoms with Crippen LogP contribution in [-0.2, 0) is 9.47 Å². The Balaban J connectivity index is 1.41. The van der Waals surface area contributed by atoms with E-state index >= 15 is 0 Å². The van der Waals surface area contributed by atoms with Gasteiger partial charge in [0.25, 0.3) is 0 Å². The maximum atomic E-state index is 6.00. The summed E-state index contributed by atoms with van der Waals surface area (Å²) in [7, 11) is 0. The van der Waals surface area contributed by atoms with Gasteiger partial charge in [0.05, 0.1) is 31.1 Å². The van der Waals surface area contributed by atoms with Crippen molar-refractivity contribution in [3.63, 3.8) is 0 Å². The molecule has 6 heteroatoms. The van der Waals surface area contributed by atoms with Gasteiger partial charge >= 0.3 is 0 Å². The largest absolute Gasteiger partial charge is 0.455 e. The highest BCUT2D eigenvalue weighted by Crippen LogP contribution is 2.32. The molecule has 4 rings (SSSR count). The van der Waals surface area contributed by atoms with Gasteiger partial charge in [0.15, 0.2) is 5.75 Å². The zero-order valence-electron chi connectivity index (χ0n) is 13.3. The second-order valence-electron chi connectivity index (χ2n) is 6.05. The maximum Gasteiger partial charge on any atom is 0.150 e. The zero-order valence-corrected chi connectivity index (χ0v) is 13.3. The number of epoxide rings is 2. The molecule has 2 aliphatic heterocycles. The number of anilines is 3. The van der Waals surface area contributed by atoms with E-state index in [-0.39, 0.29) is 0 Å². The number of hydrogen-bond donors (Lipinski definition) is 3. The molecule has 0 spiro atoms. The molecule has 0 radical (unpaired) electrons. The van der Waals surface area contributed by atoms with Crippen LogP contribution in [0, 0.1) is 0 Å². The van der Waals surface area contributed by atoms with Crippen molar-refractivity contribution in [3.8, 4) is 11.5 Å². The van der Waals surface area contributed by atoms with E-state index in [4.69, 9.17) is 19.9 Å². The summed E-state index contributed by atoms with van der Waals surface area (Å²) in [5.74, 6) is 1.52. The first-order chi connectivity index (χ1) is 11.8. The van der Waals surface area contributed by atoms with Crippen LogP contribution in [0.25, 0.3) is 0 Å². The Morgan fingerprint density at radius 1 is 0.958 bits per heavy atom. The fraction of sp³-hybridized carbons (Fsp3) is 0.333. The minimum atomic E-state index is 0.292. The molecule has 6 nitrogen and oxygen atoms in total. The van der Waals surface area contributed by atoms with Gasteiger partial charge in [-0.3, -0.25) is 0 Å². The number of hydrogen-bond acceptors (Lipinski definition) is 6. The van der Waals surface area contributed by atoms with Crippen LogP contribution in [0.2, 0.25) is 0 Å². The van der Waals surface area contributed by atoms with Gasteiger partial charge in [0, 0.05) is 24.5 Å². The van der Waals surface area contributed by atoms with Crippen LogP contribution >= 0.6 is 0 Å². The predicted octanol–water partition coefficient (Wildman–Crippen LogP) is 2.68. The summed E-state index contributed by atoms with van der Waals surface area (Å²) < 4.78 is 16.4. The van der Waals surface area contributed by atoms with Crippen LogP contribution < -0.4 is 21.1 Å². The molecular weight excluding hydrogens is 306 g/mol. The fourth-order valence-corrected chi connectivity index (χ4v) is 2.37. The SMILES string of the molecule is Nc1ccc(Oc2ccc(NCC3CO3)cc2)c(NCC2CO2)c1. The van der Waals surface area contributed by atoms with Gasteiger partial charge in [-0.15, -0.1) is 0 Å². The second-order valence-corrected chi connectivity index (χ2v) is 6.05. The molecule has 0 aromatic heterocycles. The molecule has 2 atom stereocenters. The lowest BCUT2D eigenvalue weighted by Gasteiger charge is -2.14. The van der Waals surface area contributed by atoms with Gasteiger partial charge < -0.3 is 30.6 Å². The van der Waals surface area contributed by atoms with Crippen molar-refractivity contribution < 1.29 is 14.2 Å². The van der Waals surface area contributed by atoms with Gasteiger partial charge in [0.1, 0.15) is 5.75 Å². The molecule has 2 unspecified atom stereocenters. The summed E-state index contributed by atoms with van der Waals surface area (Å²) in [4.78, 5) is 0. The highest BCUT2D eigenvalue weighted by atomic mass is 16.6. The standard InChI is InChI=1S/C18H21N3O3/c19-12-1-6-18(17(7-12)21-9-16-11-23-16)24-14-4-2-13(3-5-14)20-8-15-10-22-15/h1-7,15-16,20-21H,8-11,19H2. The number of nitrogen functional groups attached to an aromatic ring is 1. The molecule has 2 aliphatic rings. The second kappa shape index (κ2) is 6.59. The smallest absolute Gasteiger partial charge is 0.150 e. The van der Waals surface area contributed by atoms with Crippen LogP contribution in [0.1, 0.15) is 0 Å². The maximum absolute atomic E-state index is 6.00. The number of nitrogens with one attached hydrogen (secondary N) is 2. The van der Waals surface area contributed by atoms with Gasteiger partial charge in [0.2, 0.25) is 0 Å². The summed E-state index contributed by atoms with van der Waals surface area (Å²) in [6.07, 6.45) is 0.653. The van der Waals surface area contributed by atoms with Gasteiger partial charge in [-0.25, -0.2) is 0 Å². The molecule has 0 aliphatic carbocycles. The first-order valence-electron chi connectivity index (χ1n) is 8.15. The average molecular weight is 327 g/mol. The minimum Gasteiger partial charge on any atom is -0.455 e. The topological polar surface area (TPSA) is 84.4 Å². The Morgan fingerprint density at radius 3 is 2.29 bits per heavy atom. The average Bonchev–Trinajstić information content (AvgIpc) is 3.48. The highest BCUT2D eigenvalue weighted by molar-refractivity contribution is 5.64. The first-order valence-corrected chi connectivity index (χ1v) is 8.15. The third kappa shape index (κ3) is 4.10. The Bertz CT molecular complexity index is 697. The molecule has 0 bridgehead atoms. The molecule has 2 aromatic rings. The number of nitrogens with two attached hydrogens (primary N) is 1. The monoisotopic (exact) mass is 327 g/mol. The van der Waals surface area contributed by atoms with Crippen LogP contribution in [0.3, 0.4) is 0 Å². The van der Waals surface area contributed by atoms with Gasteiger partial charge in [-0.2, -0.15) is 0 Å². The lowest BCUT2D eigenvalue weighted by Crippen LogP contribution is -2.09. The van der Waals surface area contributed by atoms with E-state index in [1.54, 1.807) is 0 Å². The lowest BCUT2D eigenvalue weighted by atomic mass is 10.2. The zero-order chi connectivity index (χ0) is 16.4. The van der Waals surface area contributed by atoms with Crippen molar-refractivity contribution in [3.05, 3.63) is 42.5 Å². The molecule has 24 heavy (non-hydrogen) atoms. The quantitative estimate of drug-likeness (QED) is 0.511. The van der Waals surface area contributed by atoms with Crippen LogP contribution in [-0.4, -0.2) is 38.5 Å². The van der Waals surface area contributed by atoms with E-state index in [1.807, 2.05) is 42.5 Å². The fourth-order valence-electron chi connectivity index (χ4n) is 2.37. The Morgan fingerprint density at radius 2 is 1.62 bits per heavy atom.